The highest BCUT2D eigenvalue weighted by Crippen LogP contribution is 2.38. The molecule has 1 aromatic carbocycles. The van der Waals surface area contributed by atoms with Crippen molar-refractivity contribution < 1.29 is 14.6 Å². The van der Waals surface area contributed by atoms with Gasteiger partial charge in [-0.1, -0.05) is 32.9 Å². The molecule has 0 fully saturated rings. The molecular formula is C15H23NO3. The molecule has 0 aliphatic heterocycles. The van der Waals surface area contributed by atoms with E-state index in [9.17, 15) is 4.79 Å². The Morgan fingerprint density at radius 1 is 1.47 bits per heavy atom. The minimum Gasteiger partial charge on any atom is -0.496 e. The first-order valence-electron chi connectivity index (χ1n) is 6.46. The monoisotopic (exact) mass is 265 g/mol. The van der Waals surface area contributed by atoms with Crippen molar-refractivity contribution in [2.24, 2.45) is 11.1 Å². The summed E-state index contributed by atoms with van der Waals surface area (Å²) in [7, 11) is 1.60. The molecular weight excluding hydrogens is 242 g/mol. The maximum absolute atomic E-state index is 10.9. The summed E-state index contributed by atoms with van der Waals surface area (Å²) in [5, 5.41) is 8.99. The molecule has 0 saturated heterocycles. The normalized spacial score (nSPS) is 13.1. The van der Waals surface area contributed by atoms with Gasteiger partial charge in [-0.2, -0.15) is 0 Å². The fraction of sp³-hybridized carbons (Fsp3) is 0.533. The number of rotatable bonds is 6. The van der Waals surface area contributed by atoms with Crippen LogP contribution in [-0.2, 0) is 11.2 Å². The van der Waals surface area contributed by atoms with E-state index in [1.807, 2.05) is 32.0 Å². The number of hydrogen-bond acceptors (Lipinski definition) is 3. The molecule has 19 heavy (non-hydrogen) atoms. The van der Waals surface area contributed by atoms with Crippen molar-refractivity contribution in [1.29, 1.82) is 0 Å². The first kappa shape index (κ1) is 15.5. The lowest BCUT2D eigenvalue weighted by molar-refractivity contribution is -0.139. The Labute approximate surface area is 114 Å². The third kappa shape index (κ3) is 3.70. The van der Waals surface area contributed by atoms with E-state index in [4.69, 9.17) is 15.6 Å². The number of aliphatic carboxylic acids is 1. The van der Waals surface area contributed by atoms with Crippen LogP contribution in [0.5, 0.6) is 5.75 Å². The summed E-state index contributed by atoms with van der Waals surface area (Å²) in [6.45, 7) is 5.80. The summed E-state index contributed by atoms with van der Waals surface area (Å²) < 4.78 is 5.34. The highest BCUT2D eigenvalue weighted by Gasteiger charge is 2.32. The molecule has 1 rings (SSSR count). The molecule has 1 aromatic rings. The zero-order valence-electron chi connectivity index (χ0n) is 12.1. The molecule has 0 bridgehead atoms. The zero-order valence-corrected chi connectivity index (χ0v) is 12.1. The molecule has 0 aliphatic rings. The van der Waals surface area contributed by atoms with Gasteiger partial charge >= 0.3 is 5.97 Å². The first-order valence-corrected chi connectivity index (χ1v) is 6.46. The molecule has 106 valence electrons. The minimum atomic E-state index is -0.842. The van der Waals surface area contributed by atoms with Crippen molar-refractivity contribution in [3.63, 3.8) is 0 Å². The Hall–Kier alpha value is -1.55. The van der Waals surface area contributed by atoms with Gasteiger partial charge in [0.25, 0.3) is 0 Å². The van der Waals surface area contributed by atoms with E-state index in [1.165, 1.54) is 0 Å². The number of hydrogen-bond donors (Lipinski definition) is 2. The predicted octanol–water partition coefficient (Wildman–Crippen LogP) is 2.76. The third-order valence-electron chi connectivity index (χ3n) is 3.49. The number of carboxylic acids is 1. The summed E-state index contributed by atoms with van der Waals surface area (Å²) in [6, 6.07) is 5.52. The smallest absolute Gasteiger partial charge is 0.303 e. The van der Waals surface area contributed by atoms with E-state index in [1.54, 1.807) is 7.11 Å². The summed E-state index contributed by atoms with van der Waals surface area (Å²) in [4.78, 5) is 10.9. The maximum atomic E-state index is 10.9. The van der Waals surface area contributed by atoms with E-state index in [0.717, 1.165) is 17.5 Å². The number of nitrogens with two attached hydrogens (primary N) is 1. The van der Waals surface area contributed by atoms with Gasteiger partial charge < -0.3 is 15.6 Å². The molecule has 4 heteroatoms. The second-order valence-corrected chi connectivity index (χ2v) is 5.47. The fourth-order valence-electron chi connectivity index (χ4n) is 2.17. The van der Waals surface area contributed by atoms with Gasteiger partial charge in [-0.3, -0.25) is 4.79 Å². The van der Waals surface area contributed by atoms with Gasteiger partial charge in [0.2, 0.25) is 0 Å². The quantitative estimate of drug-likeness (QED) is 0.829. The molecule has 0 saturated carbocycles. The summed E-state index contributed by atoms with van der Waals surface area (Å²) in [5.74, 6) is -0.130. The standard InChI is InChI=1S/C15H23NO3/c1-5-10-6-7-12(19-4)11(8-10)14(16)15(2,3)9-13(17)18/h6-8,14H,5,9,16H2,1-4H3,(H,17,18). The average Bonchev–Trinajstić information content (AvgIpc) is 2.35. The van der Waals surface area contributed by atoms with Crippen LogP contribution in [0, 0.1) is 5.41 Å². The van der Waals surface area contributed by atoms with Gasteiger partial charge in [-0.15, -0.1) is 0 Å². The molecule has 0 amide bonds. The molecule has 0 aliphatic carbocycles. The first-order chi connectivity index (χ1) is 8.81. The van der Waals surface area contributed by atoms with Crippen LogP contribution in [-0.4, -0.2) is 18.2 Å². The molecule has 0 heterocycles. The van der Waals surface area contributed by atoms with Crippen LogP contribution in [0.2, 0.25) is 0 Å². The number of aryl methyl sites for hydroxylation is 1. The summed E-state index contributed by atoms with van der Waals surface area (Å²) in [6.07, 6.45) is 0.927. The lowest BCUT2D eigenvalue weighted by atomic mass is 9.77. The summed E-state index contributed by atoms with van der Waals surface area (Å²) >= 11 is 0. The van der Waals surface area contributed by atoms with Crippen molar-refractivity contribution >= 4 is 5.97 Å². The van der Waals surface area contributed by atoms with Crippen LogP contribution in [0.3, 0.4) is 0 Å². The molecule has 1 unspecified atom stereocenters. The van der Waals surface area contributed by atoms with E-state index in [2.05, 4.69) is 6.92 Å². The Bertz CT molecular complexity index is 455. The lowest BCUT2D eigenvalue weighted by Gasteiger charge is -2.31. The van der Waals surface area contributed by atoms with Crippen molar-refractivity contribution in [3.05, 3.63) is 29.3 Å². The highest BCUT2D eigenvalue weighted by molar-refractivity contribution is 5.67. The van der Waals surface area contributed by atoms with E-state index in [-0.39, 0.29) is 12.5 Å². The van der Waals surface area contributed by atoms with Gasteiger partial charge in [0.1, 0.15) is 5.75 Å². The maximum Gasteiger partial charge on any atom is 0.303 e. The Morgan fingerprint density at radius 3 is 2.58 bits per heavy atom. The number of benzene rings is 1. The highest BCUT2D eigenvalue weighted by atomic mass is 16.5. The van der Waals surface area contributed by atoms with Crippen LogP contribution in [0.15, 0.2) is 18.2 Å². The number of carboxylic acid groups (broad SMARTS) is 1. The predicted molar refractivity (Wildman–Crippen MR) is 75.3 cm³/mol. The van der Waals surface area contributed by atoms with Gasteiger partial charge in [0.05, 0.1) is 13.5 Å². The lowest BCUT2D eigenvalue weighted by Crippen LogP contribution is -2.31. The molecule has 0 spiro atoms. The molecule has 0 aromatic heterocycles. The largest absolute Gasteiger partial charge is 0.496 e. The summed E-state index contributed by atoms with van der Waals surface area (Å²) in [5.41, 5.74) is 7.77. The minimum absolute atomic E-state index is 0.0215. The van der Waals surface area contributed by atoms with E-state index < -0.39 is 11.4 Å². The van der Waals surface area contributed by atoms with Crippen molar-refractivity contribution in [1.82, 2.24) is 0 Å². The van der Waals surface area contributed by atoms with Gasteiger partial charge in [0, 0.05) is 11.6 Å². The van der Waals surface area contributed by atoms with Crippen LogP contribution >= 0.6 is 0 Å². The van der Waals surface area contributed by atoms with Crippen molar-refractivity contribution in [2.75, 3.05) is 7.11 Å². The number of carbonyl (C=O) groups is 1. The van der Waals surface area contributed by atoms with Crippen molar-refractivity contribution in [3.8, 4) is 5.75 Å². The zero-order chi connectivity index (χ0) is 14.6. The van der Waals surface area contributed by atoms with Crippen LogP contribution in [0.4, 0.5) is 0 Å². The number of ether oxygens (including phenoxy) is 1. The molecule has 1 atom stereocenters. The van der Waals surface area contributed by atoms with Gasteiger partial charge in [-0.25, -0.2) is 0 Å². The molecule has 3 N–H and O–H groups in total. The second kappa shape index (κ2) is 6.06. The SMILES string of the molecule is CCc1ccc(OC)c(C(N)C(C)(C)CC(=O)O)c1. The Balaban J connectivity index is 3.16. The van der Waals surface area contributed by atoms with Crippen LogP contribution < -0.4 is 10.5 Å². The Kier molecular flexibility index (Phi) is 4.95. The Morgan fingerprint density at radius 2 is 2.11 bits per heavy atom. The van der Waals surface area contributed by atoms with Gasteiger partial charge in [0.15, 0.2) is 0 Å². The van der Waals surface area contributed by atoms with Crippen LogP contribution in [0.1, 0.15) is 44.4 Å². The number of methoxy groups -OCH3 is 1. The second-order valence-electron chi connectivity index (χ2n) is 5.47. The van der Waals surface area contributed by atoms with E-state index >= 15 is 0 Å². The third-order valence-corrected chi connectivity index (χ3v) is 3.49. The molecule has 0 radical (unpaired) electrons. The topological polar surface area (TPSA) is 72.5 Å². The van der Waals surface area contributed by atoms with Crippen LogP contribution in [0.25, 0.3) is 0 Å². The van der Waals surface area contributed by atoms with E-state index in [0.29, 0.717) is 5.75 Å². The van der Waals surface area contributed by atoms with Gasteiger partial charge in [-0.05, 0) is 23.5 Å². The average molecular weight is 265 g/mol. The fourth-order valence-corrected chi connectivity index (χ4v) is 2.17. The van der Waals surface area contributed by atoms with Crippen molar-refractivity contribution in [2.45, 2.75) is 39.7 Å². The molecule has 4 nitrogen and oxygen atoms in total.